The number of nitrogens with zero attached hydrogens (tertiary/aromatic N) is 5. The minimum absolute atomic E-state index is 0. The molecule has 5 heterocycles. The second-order valence-electron chi connectivity index (χ2n) is 9.89. The Bertz CT molecular complexity index is 997. The largest absolute Gasteiger partial charge is 0.346 e. The van der Waals surface area contributed by atoms with E-state index in [1.807, 2.05) is 96.5 Å². The number of β-lactam (4-membered cyclic amide) rings is 1. The molecule has 7 amide bonds. The molecule has 0 saturated carbocycles. The highest BCUT2D eigenvalue weighted by atomic mass is 16.2. The summed E-state index contributed by atoms with van der Waals surface area (Å²) in [5.74, 6) is 0.230. The van der Waals surface area contributed by atoms with E-state index in [2.05, 4.69) is 0 Å². The van der Waals surface area contributed by atoms with Crippen LogP contribution in [0, 0.1) is 0 Å². The van der Waals surface area contributed by atoms with Crippen LogP contribution in [-0.2, 0) is 33.6 Å². The van der Waals surface area contributed by atoms with E-state index in [1.54, 1.807) is 26.9 Å². The third-order valence-corrected chi connectivity index (χ3v) is 6.70. The highest BCUT2D eigenvalue weighted by molar-refractivity contribution is 6.03. The zero-order valence-electron chi connectivity index (χ0n) is 34.4. The lowest BCUT2D eigenvalue weighted by Crippen LogP contribution is -2.39. The second-order valence-corrected chi connectivity index (χ2v) is 9.89. The van der Waals surface area contributed by atoms with E-state index in [1.165, 1.54) is 31.5 Å². The minimum Gasteiger partial charge on any atom is -0.346 e. The topological polar surface area (TPSA) is 136 Å². The molecule has 0 atom stereocenters. The van der Waals surface area contributed by atoms with Crippen molar-refractivity contribution in [3.05, 3.63) is 24.3 Å². The number of likely N-dealkylation sites (tertiary alicyclic amines) is 3. The number of imide groups is 2. The van der Waals surface area contributed by atoms with Gasteiger partial charge in [-0.2, -0.15) is 0 Å². The maximum Gasteiger partial charge on any atom is 0.252 e. The summed E-state index contributed by atoms with van der Waals surface area (Å²) in [6.45, 7) is 22.8. The standard InChI is InChI=1S/C6H9NO2.C6H7NO2.C6H11NO.C6H9NO.C4H7NO.5C2H6.3CH4/c2*1-7-5(8)3-2-4-6(7)9;2*1-7-5-3-2-4-6(7)8;1-5-3-2-4(5)6;5*1-2;;;/h2-4H2,1H3;2-3H,4H2,1H3;2-5H2,1H3;2,4H,3,5H2,1H3;2-3H2,1H3;5*1-2H3;3*1H4. The van der Waals surface area contributed by atoms with E-state index in [4.69, 9.17) is 0 Å². The summed E-state index contributed by atoms with van der Waals surface area (Å²) in [4.78, 5) is 81.7. The molecule has 0 radical (unpaired) electrons. The van der Waals surface area contributed by atoms with Gasteiger partial charge in [-0.3, -0.25) is 43.4 Å². The van der Waals surface area contributed by atoms with Crippen molar-refractivity contribution >= 4 is 41.4 Å². The maximum atomic E-state index is 10.7. The van der Waals surface area contributed by atoms with E-state index in [0.29, 0.717) is 25.2 Å². The molecular formula is C41H85N5O7. The van der Waals surface area contributed by atoms with E-state index in [0.717, 1.165) is 56.6 Å². The first-order valence-corrected chi connectivity index (χ1v) is 18.5. The fraction of sp³-hybridized carbons (Fsp3) is 0.732. The predicted octanol–water partition coefficient (Wildman–Crippen LogP) is 8.01. The van der Waals surface area contributed by atoms with Crippen LogP contribution in [0.4, 0.5) is 0 Å². The van der Waals surface area contributed by atoms with E-state index in [9.17, 15) is 33.6 Å². The molecule has 0 bridgehead atoms. The molecule has 0 aromatic rings. The van der Waals surface area contributed by atoms with Gasteiger partial charge in [0.05, 0.1) is 0 Å². The fourth-order valence-corrected chi connectivity index (χ4v) is 3.55. The van der Waals surface area contributed by atoms with Gasteiger partial charge in [-0.1, -0.05) is 104 Å². The highest BCUT2D eigenvalue weighted by Gasteiger charge is 2.21. The Morgan fingerprint density at radius 3 is 1.06 bits per heavy atom. The number of hydrogen-bond donors (Lipinski definition) is 0. The van der Waals surface area contributed by atoms with Gasteiger partial charge in [0.25, 0.3) is 5.91 Å². The van der Waals surface area contributed by atoms with Gasteiger partial charge >= 0.3 is 0 Å². The Morgan fingerprint density at radius 1 is 0.396 bits per heavy atom. The molecule has 53 heavy (non-hydrogen) atoms. The first kappa shape index (κ1) is 67.3. The third kappa shape index (κ3) is 33.7. The summed E-state index contributed by atoms with van der Waals surface area (Å²) in [5, 5.41) is 0. The number of likely N-dealkylation sites (N-methyl/N-ethyl adjacent to an activating group) is 2. The van der Waals surface area contributed by atoms with Crippen LogP contribution in [0.2, 0.25) is 0 Å². The number of piperidine rings is 2. The van der Waals surface area contributed by atoms with Gasteiger partial charge in [-0.15, -0.1) is 0 Å². The van der Waals surface area contributed by atoms with Gasteiger partial charge in [0.1, 0.15) is 0 Å². The lowest BCUT2D eigenvalue weighted by atomic mass is 10.1. The summed E-state index contributed by atoms with van der Waals surface area (Å²) >= 11 is 0. The molecule has 5 aliphatic rings. The molecule has 0 spiro atoms. The molecule has 12 heteroatoms. The van der Waals surface area contributed by atoms with Crippen LogP contribution in [0.3, 0.4) is 0 Å². The van der Waals surface area contributed by atoms with Crippen LogP contribution in [0.25, 0.3) is 0 Å². The number of hydrogen-bond acceptors (Lipinski definition) is 7. The highest BCUT2D eigenvalue weighted by Crippen LogP contribution is 2.09. The summed E-state index contributed by atoms with van der Waals surface area (Å²) in [7, 11) is 8.50. The normalized spacial score (nSPS) is 15.9. The van der Waals surface area contributed by atoms with Gasteiger partial charge < -0.3 is 14.7 Å². The van der Waals surface area contributed by atoms with Crippen molar-refractivity contribution in [3.63, 3.8) is 0 Å². The number of carbonyl (C=O) groups excluding carboxylic acids is 7. The predicted molar refractivity (Wildman–Crippen MR) is 225 cm³/mol. The lowest BCUT2D eigenvalue weighted by Gasteiger charge is -2.24. The maximum absolute atomic E-state index is 10.7. The lowest BCUT2D eigenvalue weighted by molar-refractivity contribution is -0.146. The van der Waals surface area contributed by atoms with Crippen molar-refractivity contribution in [2.75, 3.05) is 54.9 Å². The van der Waals surface area contributed by atoms with E-state index < -0.39 is 0 Å². The zero-order chi connectivity index (χ0) is 40.2. The Morgan fingerprint density at radius 2 is 0.811 bits per heavy atom. The molecule has 3 fully saturated rings. The fourth-order valence-electron chi connectivity index (χ4n) is 3.55. The second kappa shape index (κ2) is 46.2. The molecule has 316 valence electrons. The van der Waals surface area contributed by atoms with Gasteiger partial charge in [-0.05, 0) is 31.8 Å². The van der Waals surface area contributed by atoms with Gasteiger partial charge in [0.2, 0.25) is 35.4 Å². The Balaban J connectivity index is -0.0000000743. The monoisotopic (exact) mass is 760 g/mol. The molecular weight excluding hydrogens is 674 g/mol. The minimum atomic E-state index is -0.230. The first-order chi connectivity index (χ1) is 23.8. The first-order valence-electron chi connectivity index (χ1n) is 18.5. The number of rotatable bonds is 0. The molecule has 5 rings (SSSR count). The molecule has 5 aliphatic heterocycles. The molecule has 0 N–H and O–H groups in total. The Kier molecular flexibility index (Phi) is 58.7. The third-order valence-electron chi connectivity index (χ3n) is 6.70. The average Bonchev–Trinajstić information content (AvgIpc) is 3.16. The SMILES string of the molecule is C.C.C.CC.CC.CC.CC.CC.CN1C(=O)C=CCC1=O.CN1C(=O)CCCC1=O.CN1CCC1=O.CN1CCC=CC1=O.CN1CCCCC1=O. The molecule has 0 aromatic heterocycles. The van der Waals surface area contributed by atoms with Crippen molar-refractivity contribution in [1.82, 2.24) is 24.5 Å². The van der Waals surface area contributed by atoms with Crippen molar-refractivity contribution < 1.29 is 33.6 Å². The molecule has 0 aliphatic carbocycles. The Labute approximate surface area is 327 Å². The van der Waals surface area contributed by atoms with Crippen molar-refractivity contribution in [2.45, 2.75) is 149 Å². The van der Waals surface area contributed by atoms with Gasteiger partial charge in [0.15, 0.2) is 0 Å². The van der Waals surface area contributed by atoms with Gasteiger partial charge in [-0.25, -0.2) is 0 Å². The van der Waals surface area contributed by atoms with Gasteiger partial charge in [0, 0.05) is 93.1 Å². The van der Waals surface area contributed by atoms with Crippen LogP contribution < -0.4 is 0 Å². The van der Waals surface area contributed by atoms with Crippen molar-refractivity contribution in [1.29, 1.82) is 0 Å². The van der Waals surface area contributed by atoms with E-state index >= 15 is 0 Å². The molecule has 3 saturated heterocycles. The molecule has 0 unspecified atom stereocenters. The van der Waals surface area contributed by atoms with E-state index in [-0.39, 0.29) is 57.7 Å². The van der Waals surface area contributed by atoms with Crippen LogP contribution in [0.15, 0.2) is 24.3 Å². The van der Waals surface area contributed by atoms with Crippen LogP contribution in [0.1, 0.15) is 149 Å². The number of carbonyl (C=O) groups is 7. The molecule has 12 nitrogen and oxygen atoms in total. The Hall–Kier alpha value is -3.83. The molecule has 0 aromatic carbocycles. The average molecular weight is 760 g/mol. The summed E-state index contributed by atoms with van der Waals surface area (Å²) in [5.41, 5.74) is 0. The number of amides is 7. The van der Waals surface area contributed by atoms with Crippen LogP contribution in [-0.4, -0.2) is 121 Å². The summed E-state index contributed by atoms with van der Waals surface area (Å²) in [6.07, 6.45) is 13.4. The zero-order valence-corrected chi connectivity index (χ0v) is 34.4. The summed E-state index contributed by atoms with van der Waals surface area (Å²) < 4.78 is 0. The quantitative estimate of drug-likeness (QED) is 0.180. The van der Waals surface area contributed by atoms with Crippen LogP contribution >= 0.6 is 0 Å². The summed E-state index contributed by atoms with van der Waals surface area (Å²) in [6, 6.07) is 0. The van der Waals surface area contributed by atoms with Crippen molar-refractivity contribution in [2.24, 2.45) is 0 Å². The van der Waals surface area contributed by atoms with Crippen molar-refractivity contribution in [3.8, 4) is 0 Å². The smallest absolute Gasteiger partial charge is 0.252 e. The van der Waals surface area contributed by atoms with Crippen LogP contribution in [0.5, 0.6) is 0 Å².